The number of ether oxygens (including phenoxy) is 1. The summed E-state index contributed by atoms with van der Waals surface area (Å²) in [5.41, 5.74) is 1.09. The molecule has 16 heavy (non-hydrogen) atoms. The van der Waals surface area contributed by atoms with Crippen molar-refractivity contribution in [2.24, 2.45) is 0 Å². The molecule has 0 amide bonds. The third-order valence-corrected chi connectivity index (χ3v) is 2.79. The van der Waals surface area contributed by atoms with Gasteiger partial charge in [0.2, 0.25) is 0 Å². The number of aryl methyl sites for hydroxylation is 2. The molecular formula is C12H19N3O. The van der Waals surface area contributed by atoms with Gasteiger partial charge >= 0.3 is 0 Å². The Morgan fingerprint density at radius 1 is 1.50 bits per heavy atom. The molecule has 2 rings (SSSR count). The second kappa shape index (κ2) is 5.25. The van der Waals surface area contributed by atoms with Crippen molar-refractivity contribution in [2.75, 3.05) is 18.5 Å². The fourth-order valence-electron chi connectivity index (χ4n) is 1.92. The van der Waals surface area contributed by atoms with Crippen molar-refractivity contribution in [3.05, 3.63) is 17.6 Å². The summed E-state index contributed by atoms with van der Waals surface area (Å²) in [6, 6.07) is 2.02. The molecule has 1 aliphatic rings. The summed E-state index contributed by atoms with van der Waals surface area (Å²) < 4.78 is 5.56. The van der Waals surface area contributed by atoms with Crippen LogP contribution in [0.1, 0.15) is 31.3 Å². The van der Waals surface area contributed by atoms with Crippen LogP contribution in [0.4, 0.5) is 5.82 Å². The molecule has 1 N–H and O–H groups in total. The van der Waals surface area contributed by atoms with Crippen LogP contribution >= 0.6 is 0 Å². The largest absolute Gasteiger partial charge is 0.376 e. The van der Waals surface area contributed by atoms with E-state index in [1.165, 1.54) is 6.42 Å². The van der Waals surface area contributed by atoms with Crippen LogP contribution in [0.5, 0.6) is 0 Å². The molecule has 0 aromatic carbocycles. The van der Waals surface area contributed by atoms with Gasteiger partial charge in [-0.2, -0.15) is 0 Å². The summed E-state index contributed by atoms with van der Waals surface area (Å²) in [7, 11) is 0. The molecule has 0 saturated carbocycles. The number of anilines is 1. The van der Waals surface area contributed by atoms with Gasteiger partial charge in [-0.1, -0.05) is 6.92 Å². The van der Waals surface area contributed by atoms with Gasteiger partial charge in [-0.15, -0.1) is 0 Å². The quantitative estimate of drug-likeness (QED) is 0.844. The van der Waals surface area contributed by atoms with Gasteiger partial charge in [-0.05, 0) is 26.2 Å². The van der Waals surface area contributed by atoms with Crippen LogP contribution in [-0.2, 0) is 11.2 Å². The molecule has 2 heterocycles. The summed E-state index contributed by atoms with van der Waals surface area (Å²) in [5.74, 6) is 1.74. The van der Waals surface area contributed by atoms with Gasteiger partial charge in [0.25, 0.3) is 0 Å². The third kappa shape index (κ3) is 2.92. The SMILES string of the molecule is CCc1cc(NCC2CCCO2)nc(C)n1. The maximum Gasteiger partial charge on any atom is 0.130 e. The van der Waals surface area contributed by atoms with Crippen LogP contribution in [0.3, 0.4) is 0 Å². The van der Waals surface area contributed by atoms with Gasteiger partial charge in [0.1, 0.15) is 11.6 Å². The van der Waals surface area contributed by atoms with Crippen molar-refractivity contribution in [3.63, 3.8) is 0 Å². The van der Waals surface area contributed by atoms with Crippen LogP contribution in [-0.4, -0.2) is 29.2 Å². The molecule has 1 saturated heterocycles. The number of nitrogens with zero attached hydrogens (tertiary/aromatic N) is 2. The highest BCUT2D eigenvalue weighted by Crippen LogP contribution is 2.13. The van der Waals surface area contributed by atoms with E-state index < -0.39 is 0 Å². The second-order valence-electron chi connectivity index (χ2n) is 4.16. The second-order valence-corrected chi connectivity index (χ2v) is 4.16. The number of hydrogen-bond acceptors (Lipinski definition) is 4. The molecule has 1 aromatic rings. The average Bonchev–Trinajstić information content (AvgIpc) is 2.78. The Morgan fingerprint density at radius 2 is 2.38 bits per heavy atom. The Bertz CT molecular complexity index is 348. The van der Waals surface area contributed by atoms with E-state index in [9.17, 15) is 0 Å². The molecule has 88 valence electrons. The zero-order valence-corrected chi connectivity index (χ0v) is 9.99. The van der Waals surface area contributed by atoms with E-state index in [-0.39, 0.29) is 0 Å². The zero-order chi connectivity index (χ0) is 11.4. The molecule has 0 radical (unpaired) electrons. The van der Waals surface area contributed by atoms with Crippen molar-refractivity contribution in [2.45, 2.75) is 39.2 Å². The summed E-state index contributed by atoms with van der Waals surface area (Å²) in [6.45, 7) is 5.77. The van der Waals surface area contributed by atoms with E-state index in [4.69, 9.17) is 4.74 Å². The van der Waals surface area contributed by atoms with Crippen molar-refractivity contribution in [1.82, 2.24) is 9.97 Å². The lowest BCUT2D eigenvalue weighted by molar-refractivity contribution is 0.120. The number of rotatable bonds is 4. The van der Waals surface area contributed by atoms with Gasteiger partial charge < -0.3 is 10.1 Å². The van der Waals surface area contributed by atoms with Crippen molar-refractivity contribution < 1.29 is 4.74 Å². The van der Waals surface area contributed by atoms with E-state index >= 15 is 0 Å². The van der Waals surface area contributed by atoms with Crippen LogP contribution in [0.25, 0.3) is 0 Å². The van der Waals surface area contributed by atoms with Crippen LogP contribution < -0.4 is 5.32 Å². The summed E-state index contributed by atoms with van der Waals surface area (Å²) in [6.07, 6.45) is 3.62. The predicted molar refractivity (Wildman–Crippen MR) is 63.6 cm³/mol. The Labute approximate surface area is 96.4 Å². The Hall–Kier alpha value is -1.16. The highest BCUT2D eigenvalue weighted by molar-refractivity contribution is 5.36. The molecule has 1 unspecified atom stereocenters. The Morgan fingerprint density at radius 3 is 3.06 bits per heavy atom. The highest BCUT2D eigenvalue weighted by Gasteiger charge is 2.15. The first-order chi connectivity index (χ1) is 7.78. The minimum absolute atomic E-state index is 0.348. The molecule has 4 heteroatoms. The minimum atomic E-state index is 0.348. The van der Waals surface area contributed by atoms with Gasteiger partial charge in [-0.3, -0.25) is 0 Å². The Kier molecular flexibility index (Phi) is 3.72. The molecule has 0 spiro atoms. The number of nitrogens with one attached hydrogen (secondary N) is 1. The maximum absolute atomic E-state index is 5.56. The fraction of sp³-hybridized carbons (Fsp3) is 0.667. The zero-order valence-electron chi connectivity index (χ0n) is 9.99. The molecule has 1 aromatic heterocycles. The van der Waals surface area contributed by atoms with Crippen LogP contribution in [0.15, 0.2) is 6.07 Å². The topological polar surface area (TPSA) is 47.0 Å². The molecule has 1 aliphatic heterocycles. The summed E-state index contributed by atoms with van der Waals surface area (Å²) in [4.78, 5) is 8.71. The van der Waals surface area contributed by atoms with Crippen molar-refractivity contribution in [3.8, 4) is 0 Å². The van der Waals surface area contributed by atoms with E-state index in [1.54, 1.807) is 0 Å². The van der Waals surface area contributed by atoms with Crippen LogP contribution in [0.2, 0.25) is 0 Å². The third-order valence-electron chi connectivity index (χ3n) is 2.79. The van der Waals surface area contributed by atoms with Crippen molar-refractivity contribution in [1.29, 1.82) is 0 Å². The molecule has 0 aliphatic carbocycles. The number of aromatic nitrogens is 2. The van der Waals surface area contributed by atoms with E-state index in [0.29, 0.717) is 6.10 Å². The number of hydrogen-bond donors (Lipinski definition) is 1. The lowest BCUT2D eigenvalue weighted by atomic mass is 10.2. The van der Waals surface area contributed by atoms with Gasteiger partial charge in [-0.25, -0.2) is 9.97 Å². The first kappa shape index (κ1) is 11.3. The molecule has 4 nitrogen and oxygen atoms in total. The standard InChI is InChI=1S/C12H19N3O/c1-3-10-7-12(15-9(2)14-10)13-8-11-5-4-6-16-11/h7,11H,3-6,8H2,1-2H3,(H,13,14,15). The first-order valence-electron chi connectivity index (χ1n) is 5.98. The first-order valence-corrected chi connectivity index (χ1v) is 5.98. The maximum atomic E-state index is 5.56. The van der Waals surface area contributed by atoms with Gasteiger partial charge in [0, 0.05) is 24.9 Å². The van der Waals surface area contributed by atoms with Crippen molar-refractivity contribution >= 4 is 5.82 Å². The monoisotopic (exact) mass is 221 g/mol. The minimum Gasteiger partial charge on any atom is -0.376 e. The van der Waals surface area contributed by atoms with E-state index in [1.807, 2.05) is 13.0 Å². The lowest BCUT2D eigenvalue weighted by Gasteiger charge is -2.12. The van der Waals surface area contributed by atoms with Crippen LogP contribution in [0, 0.1) is 6.92 Å². The van der Waals surface area contributed by atoms with Gasteiger partial charge in [0.15, 0.2) is 0 Å². The fourth-order valence-corrected chi connectivity index (χ4v) is 1.92. The summed E-state index contributed by atoms with van der Waals surface area (Å²) in [5, 5.41) is 3.33. The average molecular weight is 221 g/mol. The summed E-state index contributed by atoms with van der Waals surface area (Å²) >= 11 is 0. The lowest BCUT2D eigenvalue weighted by Crippen LogP contribution is -2.19. The predicted octanol–water partition coefficient (Wildman–Crippen LogP) is 1.94. The smallest absolute Gasteiger partial charge is 0.130 e. The normalized spacial score (nSPS) is 20.0. The molecule has 1 fully saturated rings. The van der Waals surface area contributed by atoms with E-state index in [0.717, 1.165) is 43.3 Å². The molecular weight excluding hydrogens is 202 g/mol. The molecule has 0 bridgehead atoms. The molecule has 1 atom stereocenters. The highest BCUT2D eigenvalue weighted by atomic mass is 16.5. The van der Waals surface area contributed by atoms with E-state index in [2.05, 4.69) is 22.2 Å². The van der Waals surface area contributed by atoms with Gasteiger partial charge in [0.05, 0.1) is 6.10 Å². The Balaban J connectivity index is 1.94.